The van der Waals surface area contributed by atoms with Crippen LogP contribution in [-0.2, 0) is 4.79 Å². The minimum absolute atomic E-state index is 0.0225. The predicted molar refractivity (Wildman–Crippen MR) is 89.6 cm³/mol. The van der Waals surface area contributed by atoms with Gasteiger partial charge in [-0.15, -0.1) is 0 Å². The van der Waals surface area contributed by atoms with Gasteiger partial charge in [-0.1, -0.05) is 6.07 Å². The van der Waals surface area contributed by atoms with Crippen molar-refractivity contribution in [3.05, 3.63) is 30.0 Å². The molecule has 1 aromatic heterocycles. The lowest BCUT2D eigenvalue weighted by Crippen LogP contribution is -2.57. The Kier molecular flexibility index (Phi) is 3.93. The summed E-state index contributed by atoms with van der Waals surface area (Å²) in [6, 6.07) is 5.76. The number of aromatic amines is 1. The number of likely N-dealkylation sites (tertiary alicyclic amines) is 1. The van der Waals surface area contributed by atoms with Gasteiger partial charge in [0.25, 0.3) is 5.91 Å². The molecule has 0 radical (unpaired) electrons. The van der Waals surface area contributed by atoms with Crippen LogP contribution in [-0.4, -0.2) is 70.6 Å². The number of hydrogen-bond acceptors (Lipinski definition) is 4. The van der Waals surface area contributed by atoms with E-state index in [1.54, 1.807) is 6.20 Å². The molecule has 0 saturated carbocycles. The molecule has 1 aromatic carbocycles. The van der Waals surface area contributed by atoms with E-state index in [-0.39, 0.29) is 17.9 Å². The maximum absolute atomic E-state index is 13.0. The average molecular weight is 327 g/mol. The topological polar surface area (TPSA) is 81.3 Å². The first-order valence-corrected chi connectivity index (χ1v) is 8.45. The Morgan fingerprint density at radius 2 is 2.21 bits per heavy atom. The third-order valence-corrected chi connectivity index (χ3v) is 4.97. The predicted octanol–water partition coefficient (Wildman–Crippen LogP) is 0.599. The van der Waals surface area contributed by atoms with Crippen molar-refractivity contribution in [2.24, 2.45) is 0 Å². The molecule has 2 fully saturated rings. The summed E-state index contributed by atoms with van der Waals surface area (Å²) in [5.74, 6) is 0.159. The summed E-state index contributed by atoms with van der Waals surface area (Å²) in [6.45, 7) is 3.30. The van der Waals surface area contributed by atoms with E-state index in [0.717, 1.165) is 43.4 Å². The Hall–Kier alpha value is -2.41. The third kappa shape index (κ3) is 2.65. The normalized spacial score (nSPS) is 22.2. The smallest absolute Gasteiger partial charge is 0.254 e. The Morgan fingerprint density at radius 1 is 1.29 bits per heavy atom. The molecule has 2 amide bonds. The Labute approximate surface area is 140 Å². The quantitative estimate of drug-likeness (QED) is 0.846. The zero-order valence-corrected chi connectivity index (χ0v) is 13.5. The van der Waals surface area contributed by atoms with Crippen LogP contribution < -0.4 is 5.32 Å². The van der Waals surface area contributed by atoms with Gasteiger partial charge in [0.1, 0.15) is 0 Å². The van der Waals surface area contributed by atoms with Crippen LogP contribution in [0.3, 0.4) is 0 Å². The highest BCUT2D eigenvalue weighted by atomic mass is 16.2. The molecule has 1 atom stereocenters. The van der Waals surface area contributed by atoms with Crippen LogP contribution in [0.5, 0.6) is 0 Å². The number of amides is 2. The van der Waals surface area contributed by atoms with Gasteiger partial charge < -0.3 is 15.1 Å². The number of hydrogen-bond donors (Lipinski definition) is 2. The molecule has 2 saturated heterocycles. The summed E-state index contributed by atoms with van der Waals surface area (Å²) >= 11 is 0. The van der Waals surface area contributed by atoms with Crippen molar-refractivity contribution in [2.45, 2.75) is 18.9 Å². The molecule has 7 heteroatoms. The van der Waals surface area contributed by atoms with Crippen molar-refractivity contribution in [3.63, 3.8) is 0 Å². The van der Waals surface area contributed by atoms with E-state index in [1.165, 1.54) is 0 Å². The molecule has 7 nitrogen and oxygen atoms in total. The van der Waals surface area contributed by atoms with Crippen LogP contribution in [0.2, 0.25) is 0 Å². The molecule has 24 heavy (non-hydrogen) atoms. The maximum Gasteiger partial charge on any atom is 0.254 e. The summed E-state index contributed by atoms with van der Waals surface area (Å²) < 4.78 is 0. The van der Waals surface area contributed by atoms with Gasteiger partial charge >= 0.3 is 0 Å². The first-order chi connectivity index (χ1) is 11.7. The van der Waals surface area contributed by atoms with Gasteiger partial charge in [0.15, 0.2) is 0 Å². The molecule has 2 aliphatic heterocycles. The van der Waals surface area contributed by atoms with Crippen molar-refractivity contribution >= 4 is 22.7 Å². The first kappa shape index (κ1) is 15.1. The maximum atomic E-state index is 13.0. The lowest BCUT2D eigenvalue weighted by Gasteiger charge is -2.41. The number of aromatic nitrogens is 2. The second-order valence-electron chi connectivity index (χ2n) is 6.45. The fourth-order valence-electron chi connectivity index (χ4n) is 3.73. The molecule has 2 N–H and O–H groups in total. The van der Waals surface area contributed by atoms with E-state index in [9.17, 15) is 9.59 Å². The van der Waals surface area contributed by atoms with Crippen molar-refractivity contribution in [1.29, 1.82) is 0 Å². The highest BCUT2D eigenvalue weighted by Crippen LogP contribution is 2.22. The van der Waals surface area contributed by atoms with Crippen LogP contribution in [0.4, 0.5) is 0 Å². The fraction of sp³-hybridized carbons (Fsp3) is 0.471. The number of piperazine rings is 1. The lowest BCUT2D eigenvalue weighted by molar-refractivity contribution is -0.135. The zero-order chi connectivity index (χ0) is 16.5. The monoisotopic (exact) mass is 327 g/mol. The molecular formula is C17H21N5O2. The standard InChI is InChI=1S/C17H21N5O2/c23-16-10-18-6-8-22(16)12-3-2-7-21(11-12)17(24)13-4-1-5-15-14(13)9-19-20-15/h1,4-5,9,12,18H,2-3,6-8,10-11H2,(H,19,20). The number of H-pyrrole nitrogens is 1. The third-order valence-electron chi connectivity index (χ3n) is 4.97. The van der Waals surface area contributed by atoms with E-state index in [0.29, 0.717) is 18.7 Å². The van der Waals surface area contributed by atoms with Gasteiger partial charge in [-0.2, -0.15) is 5.10 Å². The number of piperidine rings is 1. The fourth-order valence-corrected chi connectivity index (χ4v) is 3.73. The molecule has 0 aliphatic carbocycles. The number of nitrogens with one attached hydrogen (secondary N) is 2. The minimum atomic E-state index is 0.0225. The highest BCUT2D eigenvalue weighted by molar-refractivity contribution is 6.06. The highest BCUT2D eigenvalue weighted by Gasteiger charge is 2.32. The molecule has 4 rings (SSSR count). The minimum Gasteiger partial charge on any atom is -0.337 e. The van der Waals surface area contributed by atoms with E-state index >= 15 is 0 Å². The Balaban J connectivity index is 1.54. The van der Waals surface area contributed by atoms with E-state index < -0.39 is 0 Å². The van der Waals surface area contributed by atoms with Crippen molar-refractivity contribution in [3.8, 4) is 0 Å². The second-order valence-corrected chi connectivity index (χ2v) is 6.45. The molecule has 0 bridgehead atoms. The van der Waals surface area contributed by atoms with Gasteiger partial charge in [0, 0.05) is 37.6 Å². The second kappa shape index (κ2) is 6.24. The van der Waals surface area contributed by atoms with Crippen LogP contribution in [0.15, 0.2) is 24.4 Å². The largest absolute Gasteiger partial charge is 0.337 e. The SMILES string of the molecule is O=C(c1cccc2[nH]ncc12)N1CCCC(N2CCNCC2=O)C1. The van der Waals surface area contributed by atoms with Gasteiger partial charge in [0.2, 0.25) is 5.91 Å². The Bertz CT molecular complexity index is 771. The summed E-state index contributed by atoms with van der Waals surface area (Å²) in [6.07, 6.45) is 3.59. The molecule has 0 spiro atoms. The summed E-state index contributed by atoms with van der Waals surface area (Å²) in [7, 11) is 0. The van der Waals surface area contributed by atoms with Crippen molar-refractivity contribution < 1.29 is 9.59 Å². The van der Waals surface area contributed by atoms with Gasteiger partial charge in [-0.25, -0.2) is 0 Å². The summed E-state index contributed by atoms with van der Waals surface area (Å²) in [5, 5.41) is 10.9. The van der Waals surface area contributed by atoms with Crippen LogP contribution in [0, 0.1) is 0 Å². The van der Waals surface area contributed by atoms with E-state index in [4.69, 9.17) is 0 Å². The molecule has 2 aromatic rings. The number of carbonyl (C=O) groups excluding carboxylic acids is 2. The zero-order valence-electron chi connectivity index (χ0n) is 13.5. The molecular weight excluding hydrogens is 306 g/mol. The summed E-state index contributed by atoms with van der Waals surface area (Å²) in [4.78, 5) is 28.9. The molecule has 126 valence electrons. The van der Waals surface area contributed by atoms with Crippen LogP contribution >= 0.6 is 0 Å². The number of rotatable bonds is 2. The lowest BCUT2D eigenvalue weighted by atomic mass is 10.0. The van der Waals surface area contributed by atoms with Crippen LogP contribution in [0.25, 0.3) is 10.9 Å². The number of nitrogens with zero attached hydrogens (tertiary/aromatic N) is 3. The average Bonchev–Trinajstić information content (AvgIpc) is 3.10. The Morgan fingerprint density at radius 3 is 3.08 bits per heavy atom. The summed E-state index contributed by atoms with van der Waals surface area (Å²) in [5.41, 5.74) is 1.54. The van der Waals surface area contributed by atoms with E-state index in [2.05, 4.69) is 15.5 Å². The van der Waals surface area contributed by atoms with Crippen molar-refractivity contribution in [2.75, 3.05) is 32.7 Å². The molecule has 2 aliphatic rings. The molecule has 1 unspecified atom stereocenters. The number of fused-ring (bicyclic) bond motifs is 1. The molecule has 3 heterocycles. The van der Waals surface area contributed by atoms with Gasteiger partial charge in [0.05, 0.1) is 23.8 Å². The van der Waals surface area contributed by atoms with Gasteiger partial charge in [-0.05, 0) is 25.0 Å². The van der Waals surface area contributed by atoms with E-state index in [1.807, 2.05) is 28.0 Å². The first-order valence-electron chi connectivity index (χ1n) is 8.45. The number of benzene rings is 1. The van der Waals surface area contributed by atoms with Gasteiger partial charge in [-0.3, -0.25) is 14.7 Å². The van der Waals surface area contributed by atoms with Crippen LogP contribution in [0.1, 0.15) is 23.2 Å². The number of carbonyl (C=O) groups is 2. The van der Waals surface area contributed by atoms with Crippen molar-refractivity contribution in [1.82, 2.24) is 25.3 Å².